The van der Waals surface area contributed by atoms with Crippen molar-refractivity contribution in [1.82, 2.24) is 4.90 Å². The molecule has 0 bridgehead atoms. The number of amides is 1. The molecule has 21 heavy (non-hydrogen) atoms. The van der Waals surface area contributed by atoms with E-state index in [1.807, 2.05) is 6.92 Å². The number of nitrogens with zero attached hydrogens (tertiary/aromatic N) is 1. The summed E-state index contributed by atoms with van der Waals surface area (Å²) in [6, 6.07) is 10.8. The number of benzene rings is 2. The van der Waals surface area contributed by atoms with Gasteiger partial charge in [-0.15, -0.1) is 0 Å². The van der Waals surface area contributed by atoms with Gasteiger partial charge in [-0.25, -0.2) is 4.39 Å². The molecule has 2 rings (SSSR count). The van der Waals surface area contributed by atoms with Crippen LogP contribution in [0.3, 0.4) is 0 Å². The number of hydrogen-bond donors (Lipinski definition) is 1. The Labute approximate surface area is 131 Å². The predicted molar refractivity (Wildman–Crippen MR) is 82.7 cm³/mol. The van der Waals surface area contributed by atoms with E-state index in [0.29, 0.717) is 10.0 Å². The fourth-order valence-corrected chi connectivity index (χ4v) is 2.30. The maximum absolute atomic E-state index is 13.5. The van der Waals surface area contributed by atoms with Crippen LogP contribution in [0.4, 0.5) is 4.39 Å². The van der Waals surface area contributed by atoms with E-state index < -0.39 is 5.82 Å². The fraction of sp³-hybridized carbons (Fsp3) is 0.188. The third-order valence-electron chi connectivity index (χ3n) is 3.45. The summed E-state index contributed by atoms with van der Waals surface area (Å²) < 4.78 is 13.8. The van der Waals surface area contributed by atoms with Gasteiger partial charge in [-0.2, -0.15) is 0 Å². The van der Waals surface area contributed by atoms with E-state index >= 15 is 0 Å². The van der Waals surface area contributed by atoms with E-state index in [4.69, 9.17) is 0 Å². The van der Waals surface area contributed by atoms with Crippen molar-refractivity contribution in [3.05, 3.63) is 63.9 Å². The second kappa shape index (κ2) is 6.26. The average Bonchev–Trinajstić information content (AvgIpc) is 2.48. The van der Waals surface area contributed by atoms with Gasteiger partial charge < -0.3 is 10.0 Å². The lowest BCUT2D eigenvalue weighted by Gasteiger charge is -2.26. The van der Waals surface area contributed by atoms with Crippen molar-refractivity contribution in [2.24, 2.45) is 0 Å². The number of hydrogen-bond acceptors (Lipinski definition) is 2. The number of carbonyl (C=O) groups excluding carboxylic acids is 1. The quantitative estimate of drug-likeness (QED) is 0.903. The molecule has 2 aromatic carbocycles. The SMILES string of the molecule is CC(c1ccccc1O)N(C)C(=O)c1ccc(Br)c(F)c1. The maximum Gasteiger partial charge on any atom is 0.254 e. The van der Waals surface area contributed by atoms with Crippen LogP contribution in [-0.4, -0.2) is 23.0 Å². The molecule has 0 aliphatic heterocycles. The summed E-state index contributed by atoms with van der Waals surface area (Å²) >= 11 is 3.06. The van der Waals surface area contributed by atoms with Gasteiger partial charge in [0.25, 0.3) is 5.91 Å². The van der Waals surface area contributed by atoms with Gasteiger partial charge >= 0.3 is 0 Å². The Morgan fingerprint density at radius 2 is 1.95 bits per heavy atom. The highest BCUT2D eigenvalue weighted by Gasteiger charge is 2.21. The van der Waals surface area contributed by atoms with Crippen LogP contribution in [0.15, 0.2) is 46.9 Å². The average molecular weight is 352 g/mol. The van der Waals surface area contributed by atoms with E-state index in [9.17, 15) is 14.3 Å². The number of para-hydroxylation sites is 1. The smallest absolute Gasteiger partial charge is 0.254 e. The maximum atomic E-state index is 13.5. The summed E-state index contributed by atoms with van der Waals surface area (Å²) in [4.78, 5) is 13.9. The second-order valence-electron chi connectivity index (χ2n) is 4.78. The number of rotatable bonds is 3. The van der Waals surface area contributed by atoms with Crippen LogP contribution in [0.1, 0.15) is 28.9 Å². The third-order valence-corrected chi connectivity index (χ3v) is 4.10. The highest BCUT2D eigenvalue weighted by molar-refractivity contribution is 9.10. The zero-order valence-electron chi connectivity index (χ0n) is 11.7. The first kappa shape index (κ1) is 15.5. The summed E-state index contributed by atoms with van der Waals surface area (Å²) in [7, 11) is 1.62. The molecule has 0 radical (unpaired) electrons. The van der Waals surface area contributed by atoms with Crippen molar-refractivity contribution in [1.29, 1.82) is 0 Å². The third kappa shape index (κ3) is 3.24. The van der Waals surface area contributed by atoms with Crippen molar-refractivity contribution in [3.8, 4) is 5.75 Å². The Hall–Kier alpha value is -1.88. The minimum atomic E-state index is -0.482. The molecule has 1 unspecified atom stereocenters. The first-order valence-electron chi connectivity index (χ1n) is 6.42. The Kier molecular flexibility index (Phi) is 4.63. The largest absolute Gasteiger partial charge is 0.508 e. The van der Waals surface area contributed by atoms with Crippen molar-refractivity contribution in [2.75, 3.05) is 7.05 Å². The molecule has 2 aromatic rings. The van der Waals surface area contributed by atoms with Gasteiger partial charge in [0.15, 0.2) is 0 Å². The normalized spacial score (nSPS) is 12.0. The number of halogens is 2. The van der Waals surface area contributed by atoms with Gasteiger partial charge in [-0.3, -0.25) is 4.79 Å². The summed E-state index contributed by atoms with van der Waals surface area (Å²) in [5.74, 6) is -0.659. The molecule has 1 amide bonds. The van der Waals surface area contributed by atoms with Crippen molar-refractivity contribution in [3.63, 3.8) is 0 Å². The number of aromatic hydroxyl groups is 1. The second-order valence-corrected chi connectivity index (χ2v) is 5.63. The summed E-state index contributed by atoms with van der Waals surface area (Å²) in [6.07, 6.45) is 0. The van der Waals surface area contributed by atoms with Crippen LogP contribution in [0.2, 0.25) is 0 Å². The molecular weight excluding hydrogens is 337 g/mol. The first-order chi connectivity index (χ1) is 9.91. The van der Waals surface area contributed by atoms with Crippen molar-refractivity contribution >= 4 is 21.8 Å². The zero-order valence-corrected chi connectivity index (χ0v) is 13.3. The molecule has 0 aromatic heterocycles. The molecule has 5 heteroatoms. The first-order valence-corrected chi connectivity index (χ1v) is 7.21. The van der Waals surface area contributed by atoms with Crippen LogP contribution in [0, 0.1) is 5.82 Å². The molecule has 0 saturated carbocycles. The van der Waals surface area contributed by atoms with E-state index in [-0.39, 0.29) is 23.3 Å². The Morgan fingerprint density at radius 3 is 2.57 bits per heavy atom. The lowest BCUT2D eigenvalue weighted by molar-refractivity contribution is 0.0741. The van der Waals surface area contributed by atoms with Gasteiger partial charge in [-0.1, -0.05) is 18.2 Å². The van der Waals surface area contributed by atoms with Crippen LogP contribution in [0.25, 0.3) is 0 Å². The Balaban J connectivity index is 2.26. The van der Waals surface area contributed by atoms with E-state index in [2.05, 4.69) is 15.9 Å². The van der Waals surface area contributed by atoms with Gasteiger partial charge in [0.05, 0.1) is 10.5 Å². The topological polar surface area (TPSA) is 40.5 Å². The minimum Gasteiger partial charge on any atom is -0.508 e. The molecule has 0 aliphatic rings. The van der Waals surface area contributed by atoms with E-state index in [1.165, 1.54) is 17.0 Å². The zero-order chi connectivity index (χ0) is 15.6. The van der Waals surface area contributed by atoms with Gasteiger partial charge in [0.1, 0.15) is 11.6 Å². The van der Waals surface area contributed by atoms with Crippen molar-refractivity contribution in [2.45, 2.75) is 13.0 Å². The van der Waals surface area contributed by atoms with Crippen LogP contribution in [0.5, 0.6) is 5.75 Å². The number of phenolic OH excluding ortho intramolecular Hbond substituents is 1. The van der Waals surface area contributed by atoms with Crippen LogP contribution in [-0.2, 0) is 0 Å². The van der Waals surface area contributed by atoms with Gasteiger partial charge in [0.2, 0.25) is 0 Å². The number of carbonyl (C=O) groups is 1. The predicted octanol–water partition coefficient (Wildman–Crippen LogP) is 4.13. The monoisotopic (exact) mass is 351 g/mol. The van der Waals surface area contributed by atoms with Gasteiger partial charge in [-0.05, 0) is 47.1 Å². The molecule has 0 fully saturated rings. The highest BCUT2D eigenvalue weighted by atomic mass is 79.9. The standard InChI is InChI=1S/C16H15BrFNO2/c1-10(12-5-3-4-6-15(12)20)19(2)16(21)11-7-8-13(17)14(18)9-11/h3-10,20H,1-2H3. The van der Waals surface area contributed by atoms with Crippen LogP contribution < -0.4 is 0 Å². The molecule has 0 spiro atoms. The van der Waals surface area contributed by atoms with E-state index in [0.717, 1.165) is 0 Å². The summed E-state index contributed by atoms with van der Waals surface area (Å²) in [5, 5.41) is 9.86. The highest BCUT2D eigenvalue weighted by Crippen LogP contribution is 2.28. The molecule has 1 N–H and O–H groups in total. The van der Waals surface area contributed by atoms with Crippen LogP contribution >= 0.6 is 15.9 Å². The molecule has 0 heterocycles. The molecule has 0 aliphatic carbocycles. The minimum absolute atomic E-state index is 0.131. The molecule has 110 valence electrons. The Bertz CT molecular complexity index is 675. The summed E-state index contributed by atoms with van der Waals surface area (Å²) in [5.41, 5.74) is 0.909. The Morgan fingerprint density at radius 1 is 1.29 bits per heavy atom. The van der Waals surface area contributed by atoms with E-state index in [1.54, 1.807) is 37.4 Å². The fourth-order valence-electron chi connectivity index (χ4n) is 2.06. The number of phenols is 1. The molecule has 0 saturated heterocycles. The molecule has 1 atom stereocenters. The molecular formula is C16H15BrFNO2. The lowest BCUT2D eigenvalue weighted by atomic mass is 10.1. The molecule has 3 nitrogen and oxygen atoms in total. The lowest BCUT2D eigenvalue weighted by Crippen LogP contribution is -2.29. The van der Waals surface area contributed by atoms with Crippen molar-refractivity contribution < 1.29 is 14.3 Å². The van der Waals surface area contributed by atoms with Gasteiger partial charge in [0, 0.05) is 18.2 Å². The summed E-state index contributed by atoms with van der Waals surface area (Å²) in [6.45, 7) is 1.81.